The van der Waals surface area contributed by atoms with E-state index >= 15 is 0 Å². The minimum absolute atomic E-state index is 0.358. The number of hydrazone groups is 1. The number of hydrazine groups is 1. The fourth-order valence-electron chi connectivity index (χ4n) is 3.31. The third-order valence-electron chi connectivity index (χ3n) is 4.30. The lowest BCUT2D eigenvalue weighted by molar-refractivity contribution is -0.716. The summed E-state index contributed by atoms with van der Waals surface area (Å²) in [4.78, 5) is 2.45. The standard InChI is InChI=1S/C10H18N3O/c1-4-12(3)13-8-5-11(2)10(8)7-14-6-9(10)13/h4,8-9H,5-7H2,1-3H3/q+1. The molecule has 3 rings (SSSR count). The van der Waals surface area contributed by atoms with Gasteiger partial charge in [-0.15, -0.1) is 4.68 Å². The zero-order valence-corrected chi connectivity index (χ0v) is 9.10. The van der Waals surface area contributed by atoms with E-state index in [1.807, 2.05) is 0 Å². The molecule has 4 nitrogen and oxygen atoms in total. The molecule has 3 aliphatic heterocycles. The summed E-state index contributed by atoms with van der Waals surface area (Å²) in [7, 11) is 4.34. The van der Waals surface area contributed by atoms with Crippen LogP contribution in [0.4, 0.5) is 0 Å². The fraction of sp³-hybridized carbons (Fsp3) is 0.900. The van der Waals surface area contributed by atoms with Crippen molar-refractivity contribution < 1.29 is 9.42 Å². The van der Waals surface area contributed by atoms with Gasteiger partial charge in [0.2, 0.25) is 0 Å². The SMILES string of the molecule is CC=[N+](C)N1C2COCC23C1CN3C. The zero-order chi connectivity index (χ0) is 9.92. The summed E-state index contributed by atoms with van der Waals surface area (Å²) in [6.07, 6.45) is 2.13. The van der Waals surface area contributed by atoms with E-state index in [0.29, 0.717) is 17.6 Å². The molecule has 0 aliphatic carbocycles. The Bertz CT molecular complexity index is 304. The maximum atomic E-state index is 5.63. The van der Waals surface area contributed by atoms with Crippen LogP contribution in [0, 0.1) is 0 Å². The molecule has 0 aromatic carbocycles. The van der Waals surface area contributed by atoms with Crippen LogP contribution >= 0.6 is 0 Å². The van der Waals surface area contributed by atoms with Crippen molar-refractivity contribution in [2.45, 2.75) is 24.5 Å². The molecule has 0 bridgehead atoms. The van der Waals surface area contributed by atoms with Crippen molar-refractivity contribution >= 4 is 6.21 Å². The van der Waals surface area contributed by atoms with Crippen molar-refractivity contribution in [1.82, 2.24) is 9.91 Å². The molecule has 3 fully saturated rings. The van der Waals surface area contributed by atoms with E-state index in [9.17, 15) is 0 Å². The highest BCUT2D eigenvalue weighted by Gasteiger charge is 2.75. The monoisotopic (exact) mass is 196 g/mol. The van der Waals surface area contributed by atoms with Crippen molar-refractivity contribution in [3.63, 3.8) is 0 Å². The largest absolute Gasteiger partial charge is 0.377 e. The minimum atomic E-state index is 0.358. The summed E-state index contributed by atoms with van der Waals surface area (Å²) in [5.41, 5.74) is 0.358. The molecule has 4 heteroatoms. The second-order valence-electron chi connectivity index (χ2n) is 4.63. The lowest BCUT2D eigenvalue weighted by Crippen LogP contribution is -2.91. The molecule has 0 aromatic rings. The van der Waals surface area contributed by atoms with Gasteiger partial charge in [-0.1, -0.05) is 0 Å². The third kappa shape index (κ3) is 0.684. The van der Waals surface area contributed by atoms with Gasteiger partial charge < -0.3 is 4.74 Å². The van der Waals surface area contributed by atoms with Crippen molar-refractivity contribution in [1.29, 1.82) is 0 Å². The molecule has 3 aliphatic rings. The van der Waals surface area contributed by atoms with Gasteiger partial charge in [0.25, 0.3) is 0 Å². The van der Waals surface area contributed by atoms with Crippen LogP contribution in [0.2, 0.25) is 0 Å². The van der Waals surface area contributed by atoms with Gasteiger partial charge in [-0.3, -0.25) is 4.90 Å². The molecule has 0 radical (unpaired) electrons. The second kappa shape index (κ2) is 2.49. The van der Waals surface area contributed by atoms with Crippen LogP contribution in [0.1, 0.15) is 6.92 Å². The molecule has 1 spiro atoms. The molecule has 3 atom stereocenters. The molecular formula is C10H18N3O+. The van der Waals surface area contributed by atoms with E-state index in [1.165, 1.54) is 6.54 Å². The molecule has 0 amide bonds. The highest BCUT2D eigenvalue weighted by Crippen LogP contribution is 2.51. The first-order chi connectivity index (χ1) is 6.71. The van der Waals surface area contributed by atoms with Crippen LogP contribution in [0.25, 0.3) is 0 Å². The van der Waals surface area contributed by atoms with Crippen LogP contribution in [0.5, 0.6) is 0 Å². The van der Waals surface area contributed by atoms with E-state index in [4.69, 9.17) is 4.74 Å². The molecule has 0 saturated carbocycles. The van der Waals surface area contributed by atoms with Gasteiger partial charge in [0.1, 0.15) is 12.1 Å². The maximum absolute atomic E-state index is 5.63. The average molecular weight is 196 g/mol. The van der Waals surface area contributed by atoms with Crippen molar-refractivity contribution in [3.05, 3.63) is 0 Å². The van der Waals surface area contributed by atoms with Gasteiger partial charge >= 0.3 is 0 Å². The first-order valence-electron chi connectivity index (χ1n) is 5.31. The Morgan fingerprint density at radius 2 is 2.29 bits per heavy atom. The second-order valence-corrected chi connectivity index (χ2v) is 4.63. The van der Waals surface area contributed by atoms with Gasteiger partial charge in [0, 0.05) is 13.5 Å². The predicted octanol–water partition coefficient (Wildman–Crippen LogP) is -0.598. The molecular weight excluding hydrogens is 178 g/mol. The number of piperazine rings is 1. The predicted molar refractivity (Wildman–Crippen MR) is 53.5 cm³/mol. The molecule has 0 aromatic heterocycles. The van der Waals surface area contributed by atoms with E-state index in [-0.39, 0.29) is 0 Å². The van der Waals surface area contributed by atoms with Crippen LogP contribution < -0.4 is 0 Å². The van der Waals surface area contributed by atoms with Gasteiger partial charge in [0.15, 0.2) is 13.3 Å². The first kappa shape index (κ1) is 8.68. The van der Waals surface area contributed by atoms with Gasteiger partial charge in [-0.25, -0.2) is 0 Å². The van der Waals surface area contributed by atoms with Gasteiger partial charge in [-0.2, -0.15) is 5.01 Å². The third-order valence-corrected chi connectivity index (χ3v) is 4.30. The number of hydrogen-bond acceptors (Lipinski definition) is 3. The summed E-state index contributed by atoms with van der Waals surface area (Å²) in [6, 6.07) is 1.26. The highest BCUT2D eigenvalue weighted by atomic mass is 16.5. The Morgan fingerprint density at radius 1 is 1.50 bits per heavy atom. The number of rotatable bonds is 1. The normalized spacial score (nSPS) is 46.8. The van der Waals surface area contributed by atoms with E-state index in [2.05, 4.69) is 41.8 Å². The molecule has 3 unspecified atom stereocenters. The Hall–Kier alpha value is -0.610. The van der Waals surface area contributed by atoms with Gasteiger partial charge in [0.05, 0.1) is 18.8 Å². The van der Waals surface area contributed by atoms with Crippen LogP contribution in [0.3, 0.4) is 0 Å². The number of likely N-dealkylation sites (N-methyl/N-ethyl adjacent to an activating group) is 1. The fourth-order valence-corrected chi connectivity index (χ4v) is 3.31. The van der Waals surface area contributed by atoms with Crippen LogP contribution in [0.15, 0.2) is 0 Å². The molecule has 78 valence electrons. The van der Waals surface area contributed by atoms with Crippen molar-refractivity contribution in [2.75, 3.05) is 33.9 Å². The van der Waals surface area contributed by atoms with Crippen LogP contribution in [-0.4, -0.2) is 72.3 Å². The smallest absolute Gasteiger partial charge is 0.166 e. The zero-order valence-electron chi connectivity index (χ0n) is 9.10. The minimum Gasteiger partial charge on any atom is -0.377 e. The van der Waals surface area contributed by atoms with Gasteiger partial charge in [-0.05, 0) is 7.05 Å². The summed E-state index contributed by atoms with van der Waals surface area (Å²) >= 11 is 0. The Balaban J connectivity index is 1.88. The molecule has 0 N–H and O–H groups in total. The lowest BCUT2D eigenvalue weighted by Gasteiger charge is -2.67. The highest BCUT2D eigenvalue weighted by molar-refractivity contribution is 5.46. The van der Waals surface area contributed by atoms with Crippen LogP contribution in [-0.2, 0) is 4.74 Å². The average Bonchev–Trinajstić information content (AvgIpc) is 2.59. The van der Waals surface area contributed by atoms with E-state index in [0.717, 1.165) is 13.2 Å². The Morgan fingerprint density at radius 3 is 2.93 bits per heavy atom. The van der Waals surface area contributed by atoms with E-state index in [1.54, 1.807) is 0 Å². The maximum Gasteiger partial charge on any atom is 0.166 e. The Kier molecular flexibility index (Phi) is 1.55. The van der Waals surface area contributed by atoms with E-state index < -0.39 is 0 Å². The number of hydrogen-bond donors (Lipinski definition) is 0. The summed E-state index contributed by atoms with van der Waals surface area (Å²) in [5.74, 6) is 0. The number of ether oxygens (including phenoxy) is 1. The quantitative estimate of drug-likeness (QED) is 0.412. The molecule has 3 saturated heterocycles. The molecule has 14 heavy (non-hydrogen) atoms. The number of likely N-dealkylation sites (tertiary alicyclic amines) is 1. The van der Waals surface area contributed by atoms with Crippen molar-refractivity contribution in [3.8, 4) is 0 Å². The number of nitrogens with zero attached hydrogens (tertiary/aromatic N) is 3. The lowest BCUT2D eigenvalue weighted by atomic mass is 9.67. The first-order valence-corrected chi connectivity index (χ1v) is 5.31. The summed E-state index contributed by atoms with van der Waals surface area (Å²) in [5, 5.41) is 2.47. The Labute approximate surface area is 84.7 Å². The topological polar surface area (TPSA) is 18.7 Å². The van der Waals surface area contributed by atoms with Crippen molar-refractivity contribution in [2.24, 2.45) is 0 Å². The molecule has 3 heterocycles. The summed E-state index contributed by atoms with van der Waals surface area (Å²) in [6.45, 7) is 5.07. The summed E-state index contributed by atoms with van der Waals surface area (Å²) < 4.78 is 7.85.